The van der Waals surface area contributed by atoms with E-state index in [1.165, 1.54) is 18.2 Å². The minimum atomic E-state index is -1.90. The van der Waals surface area contributed by atoms with E-state index in [4.69, 9.17) is 10.0 Å². The first-order valence-electron chi connectivity index (χ1n) is 3.96. The van der Waals surface area contributed by atoms with Crippen LogP contribution < -0.4 is 5.46 Å². The van der Waals surface area contributed by atoms with Crippen LogP contribution in [0.2, 0.25) is 0 Å². The van der Waals surface area contributed by atoms with E-state index in [0.29, 0.717) is 0 Å². The Morgan fingerprint density at radius 2 is 2.07 bits per heavy atom. The minimum absolute atomic E-state index is 0.0231. The number of halogens is 2. The first-order valence-corrected chi connectivity index (χ1v) is 3.96. The molecule has 5 heteroatoms. The molecule has 0 aliphatic carbocycles. The second-order valence-electron chi connectivity index (χ2n) is 2.82. The maximum atomic E-state index is 13.4. The van der Waals surface area contributed by atoms with E-state index in [1.54, 1.807) is 0 Å². The van der Waals surface area contributed by atoms with Crippen LogP contribution in [0.4, 0.5) is 8.78 Å². The number of benzene rings is 1. The molecule has 74 valence electrons. The number of hydrogen-bond donors (Lipinski definition) is 2. The van der Waals surface area contributed by atoms with E-state index < -0.39 is 19.6 Å². The fraction of sp³-hybridized carbons (Fsp3) is 0.111. The van der Waals surface area contributed by atoms with E-state index in [1.807, 2.05) is 0 Å². The molecule has 0 unspecified atom stereocenters. The molecule has 0 atom stereocenters. The molecule has 0 saturated heterocycles. The molecule has 1 rings (SSSR count). The lowest BCUT2D eigenvalue weighted by molar-refractivity contribution is 0.423. The molecule has 2 N–H and O–H groups in total. The van der Waals surface area contributed by atoms with Crippen molar-refractivity contribution in [2.45, 2.75) is 0 Å². The van der Waals surface area contributed by atoms with Crippen molar-refractivity contribution < 1.29 is 18.8 Å². The summed E-state index contributed by atoms with van der Waals surface area (Å²) in [5.41, 5.74) is -0.333. The summed E-state index contributed by atoms with van der Waals surface area (Å²) in [6.07, 6.45) is 0. The minimum Gasteiger partial charge on any atom is -0.423 e. The van der Waals surface area contributed by atoms with Gasteiger partial charge in [-0.1, -0.05) is 24.8 Å². The summed E-state index contributed by atoms with van der Waals surface area (Å²) in [6.45, 7) is 2.45. The summed E-state index contributed by atoms with van der Waals surface area (Å²) < 4.78 is 25.6. The summed E-state index contributed by atoms with van der Waals surface area (Å²) in [7, 11) is -1.90. The molecule has 0 aliphatic rings. The molecule has 0 amide bonds. The maximum absolute atomic E-state index is 13.4. The molecule has 2 nitrogen and oxygen atoms in total. The largest absolute Gasteiger partial charge is 0.491 e. The highest BCUT2D eigenvalue weighted by molar-refractivity contribution is 6.58. The van der Waals surface area contributed by atoms with Crippen LogP contribution in [0.15, 0.2) is 24.8 Å². The van der Waals surface area contributed by atoms with Crippen LogP contribution in [0.5, 0.6) is 0 Å². The van der Waals surface area contributed by atoms with E-state index in [0.717, 1.165) is 0 Å². The second kappa shape index (κ2) is 4.35. The fourth-order valence-electron chi connectivity index (χ4n) is 1.09. The molecule has 0 spiro atoms. The normalized spacial score (nSPS) is 10.0. The van der Waals surface area contributed by atoms with Crippen molar-refractivity contribution in [3.05, 3.63) is 36.2 Å². The molecule has 0 heterocycles. The highest BCUT2D eigenvalue weighted by Gasteiger charge is 2.19. The topological polar surface area (TPSA) is 40.5 Å². The Morgan fingerprint density at radius 3 is 2.57 bits per heavy atom. The average molecular weight is 198 g/mol. The third-order valence-corrected chi connectivity index (χ3v) is 1.85. The average Bonchev–Trinajstić information content (AvgIpc) is 2.16. The van der Waals surface area contributed by atoms with Crippen LogP contribution in [0.3, 0.4) is 0 Å². The summed E-state index contributed by atoms with van der Waals surface area (Å²) in [5, 5.41) is 17.6. The standard InChI is InChI=1S/C9H9BF2O2/c1-6(5-11)7-3-2-4-8(9(7)12)10(13)14/h2-4,13-14H,1,5H2. The molecule has 0 fully saturated rings. The lowest BCUT2D eigenvalue weighted by Crippen LogP contribution is -2.33. The van der Waals surface area contributed by atoms with E-state index in [9.17, 15) is 8.78 Å². The van der Waals surface area contributed by atoms with Gasteiger partial charge >= 0.3 is 7.12 Å². The SMILES string of the molecule is C=C(CF)c1cccc(B(O)O)c1F. The van der Waals surface area contributed by atoms with Gasteiger partial charge in [0.2, 0.25) is 0 Å². The molecular weight excluding hydrogens is 189 g/mol. The highest BCUT2D eigenvalue weighted by Crippen LogP contribution is 2.15. The number of alkyl halides is 1. The second-order valence-corrected chi connectivity index (χ2v) is 2.82. The summed E-state index contributed by atoms with van der Waals surface area (Å²) >= 11 is 0. The molecule has 14 heavy (non-hydrogen) atoms. The van der Waals surface area contributed by atoms with Gasteiger partial charge < -0.3 is 10.0 Å². The number of allylic oxidation sites excluding steroid dienone is 1. The first kappa shape index (κ1) is 10.9. The molecule has 0 aliphatic heterocycles. The lowest BCUT2D eigenvalue weighted by atomic mass is 9.78. The Labute approximate surface area is 80.6 Å². The monoisotopic (exact) mass is 198 g/mol. The van der Waals surface area contributed by atoms with Crippen LogP contribution in [-0.4, -0.2) is 23.8 Å². The van der Waals surface area contributed by atoms with Gasteiger partial charge in [0, 0.05) is 11.0 Å². The maximum Gasteiger partial charge on any atom is 0.491 e. The molecule has 1 aromatic rings. The van der Waals surface area contributed by atoms with Crippen molar-refractivity contribution in [3.63, 3.8) is 0 Å². The van der Waals surface area contributed by atoms with Crippen molar-refractivity contribution in [2.24, 2.45) is 0 Å². The van der Waals surface area contributed by atoms with E-state index in [-0.39, 0.29) is 16.6 Å². The van der Waals surface area contributed by atoms with Crippen LogP contribution in [0.25, 0.3) is 5.57 Å². The molecule has 0 saturated carbocycles. The Bertz CT molecular complexity index is 353. The molecular formula is C9H9BF2O2. The lowest BCUT2D eigenvalue weighted by Gasteiger charge is -2.07. The van der Waals surface area contributed by atoms with Gasteiger partial charge in [-0.3, -0.25) is 0 Å². The Hall–Kier alpha value is -1.20. The summed E-state index contributed by atoms with van der Waals surface area (Å²) in [5.74, 6) is -0.842. The van der Waals surface area contributed by atoms with Gasteiger partial charge in [0.1, 0.15) is 12.5 Å². The van der Waals surface area contributed by atoms with Gasteiger partial charge in [0.25, 0.3) is 0 Å². The van der Waals surface area contributed by atoms with Crippen molar-refractivity contribution in [2.75, 3.05) is 6.67 Å². The summed E-state index contributed by atoms with van der Waals surface area (Å²) in [6, 6.07) is 3.96. The fourth-order valence-corrected chi connectivity index (χ4v) is 1.09. The number of hydrogen-bond acceptors (Lipinski definition) is 2. The van der Waals surface area contributed by atoms with Crippen LogP contribution >= 0.6 is 0 Å². The molecule has 1 aromatic carbocycles. The van der Waals surface area contributed by atoms with Gasteiger partial charge in [0.05, 0.1) is 0 Å². The third kappa shape index (κ3) is 2.00. The smallest absolute Gasteiger partial charge is 0.423 e. The quantitative estimate of drug-likeness (QED) is 0.693. The van der Waals surface area contributed by atoms with Crippen molar-refractivity contribution in [1.82, 2.24) is 0 Å². The Morgan fingerprint density at radius 1 is 1.43 bits per heavy atom. The number of rotatable bonds is 3. The zero-order valence-corrected chi connectivity index (χ0v) is 7.37. The molecule has 0 radical (unpaired) electrons. The highest BCUT2D eigenvalue weighted by atomic mass is 19.1. The van der Waals surface area contributed by atoms with Crippen LogP contribution in [0, 0.1) is 5.82 Å². The zero-order valence-electron chi connectivity index (χ0n) is 7.37. The molecule has 0 bridgehead atoms. The summed E-state index contributed by atoms with van der Waals surface area (Å²) in [4.78, 5) is 0. The molecule has 0 aromatic heterocycles. The predicted octanol–water partition coefficient (Wildman–Crippen LogP) is 0.488. The van der Waals surface area contributed by atoms with E-state index >= 15 is 0 Å². The van der Waals surface area contributed by atoms with Gasteiger partial charge in [-0.25, -0.2) is 8.78 Å². The first-order chi connectivity index (χ1) is 6.57. The zero-order chi connectivity index (χ0) is 10.7. The predicted molar refractivity (Wildman–Crippen MR) is 51.2 cm³/mol. The van der Waals surface area contributed by atoms with Gasteiger partial charge in [-0.2, -0.15) is 0 Å². The van der Waals surface area contributed by atoms with Crippen molar-refractivity contribution in [3.8, 4) is 0 Å². The van der Waals surface area contributed by atoms with Crippen LogP contribution in [0.1, 0.15) is 5.56 Å². The van der Waals surface area contributed by atoms with Crippen LogP contribution in [-0.2, 0) is 0 Å². The Balaban J connectivity index is 3.20. The Kier molecular flexibility index (Phi) is 3.38. The van der Waals surface area contributed by atoms with Gasteiger partial charge in [0.15, 0.2) is 0 Å². The van der Waals surface area contributed by atoms with Gasteiger partial charge in [-0.05, 0) is 5.57 Å². The third-order valence-electron chi connectivity index (χ3n) is 1.85. The van der Waals surface area contributed by atoms with Crippen molar-refractivity contribution >= 4 is 18.2 Å². The van der Waals surface area contributed by atoms with E-state index in [2.05, 4.69) is 6.58 Å². The van der Waals surface area contributed by atoms with Crippen molar-refractivity contribution in [1.29, 1.82) is 0 Å². The van der Waals surface area contributed by atoms with Gasteiger partial charge in [-0.15, -0.1) is 0 Å².